The highest BCUT2D eigenvalue weighted by Crippen LogP contribution is 2.52. The van der Waals surface area contributed by atoms with Crippen molar-refractivity contribution in [2.24, 2.45) is 10.8 Å². The Bertz CT molecular complexity index is 928. The molecule has 2 atom stereocenters. The molecule has 2 fully saturated rings. The number of fused-ring (bicyclic) bond motifs is 2. The van der Waals surface area contributed by atoms with Gasteiger partial charge in [-0.25, -0.2) is 4.68 Å². The van der Waals surface area contributed by atoms with E-state index in [1.165, 1.54) is 22.9 Å². The Hall–Kier alpha value is -2.22. The zero-order chi connectivity index (χ0) is 20.8. The van der Waals surface area contributed by atoms with E-state index in [9.17, 15) is 4.79 Å². The number of carbonyl (C=O) groups excluding carboxylic acids is 1. The number of nitrogens with zero attached hydrogens (tertiary/aromatic N) is 4. The average Bonchev–Trinajstić information content (AvgIpc) is 3.15. The van der Waals surface area contributed by atoms with Crippen LogP contribution < -0.4 is 10.6 Å². The molecule has 0 unspecified atom stereocenters. The molecule has 0 radical (unpaired) electrons. The fraction of sp³-hybridized carbons (Fsp3) is 0.571. The zero-order valence-corrected chi connectivity index (χ0v) is 18.3. The first-order chi connectivity index (χ1) is 13.7. The van der Waals surface area contributed by atoms with Gasteiger partial charge in [-0.3, -0.25) is 4.79 Å². The molecule has 1 amide bonds. The summed E-state index contributed by atoms with van der Waals surface area (Å²) < 4.78 is 6.82. The van der Waals surface area contributed by atoms with Crippen LogP contribution in [0, 0.1) is 10.8 Å². The predicted octanol–water partition coefficient (Wildman–Crippen LogP) is 3.19. The monoisotopic (exact) mass is 415 g/mol. The first-order valence-corrected chi connectivity index (χ1v) is 11.0. The van der Waals surface area contributed by atoms with Crippen molar-refractivity contribution < 1.29 is 9.53 Å². The van der Waals surface area contributed by atoms with Crippen molar-refractivity contribution in [2.75, 3.05) is 25.3 Å². The fourth-order valence-corrected chi connectivity index (χ4v) is 6.09. The number of thioether (sulfide) groups is 1. The molecule has 2 heterocycles. The van der Waals surface area contributed by atoms with E-state index in [0.717, 1.165) is 24.9 Å². The lowest BCUT2D eigenvalue weighted by atomic mass is 9.65. The lowest BCUT2D eigenvalue weighted by molar-refractivity contribution is -0.129. The molecule has 1 aliphatic heterocycles. The van der Waals surface area contributed by atoms with Crippen LogP contribution in [0.3, 0.4) is 0 Å². The first kappa shape index (κ1) is 20.1. The molecule has 1 aromatic carbocycles. The second-order valence-electron chi connectivity index (χ2n) is 9.40. The third kappa shape index (κ3) is 3.82. The maximum atomic E-state index is 13.0. The SMILES string of the molecule is COc1ccccc1-c1nnc(SCC(=O)N2C[C@@]3(C)C[C@@H]2CC(C)(C)C3)n1N. The molecule has 1 saturated heterocycles. The summed E-state index contributed by atoms with van der Waals surface area (Å²) in [5.41, 5.74) is 1.30. The van der Waals surface area contributed by atoms with Crippen molar-refractivity contribution in [2.45, 2.75) is 51.2 Å². The number of carbonyl (C=O) groups is 1. The summed E-state index contributed by atoms with van der Waals surface area (Å²) in [5.74, 6) is 7.90. The minimum Gasteiger partial charge on any atom is -0.496 e. The molecule has 4 rings (SSSR count). The van der Waals surface area contributed by atoms with Crippen LogP contribution >= 0.6 is 11.8 Å². The van der Waals surface area contributed by atoms with Crippen molar-refractivity contribution in [1.82, 2.24) is 19.8 Å². The zero-order valence-electron chi connectivity index (χ0n) is 17.5. The molecule has 1 aromatic heterocycles. The number of rotatable bonds is 5. The van der Waals surface area contributed by atoms with E-state index in [4.69, 9.17) is 10.6 Å². The molecule has 7 nitrogen and oxygen atoms in total. The van der Waals surface area contributed by atoms with Gasteiger partial charge >= 0.3 is 0 Å². The maximum absolute atomic E-state index is 13.0. The van der Waals surface area contributed by atoms with Crippen LogP contribution in [-0.4, -0.2) is 51.1 Å². The number of likely N-dealkylation sites (tertiary alicyclic amines) is 1. The van der Waals surface area contributed by atoms with Gasteiger partial charge < -0.3 is 15.5 Å². The Morgan fingerprint density at radius 2 is 2.03 bits per heavy atom. The van der Waals surface area contributed by atoms with Gasteiger partial charge in [0.1, 0.15) is 5.75 Å². The van der Waals surface area contributed by atoms with Crippen LogP contribution in [0.1, 0.15) is 40.0 Å². The van der Waals surface area contributed by atoms with Gasteiger partial charge in [-0.05, 0) is 42.2 Å². The Labute approximate surface area is 176 Å². The summed E-state index contributed by atoms with van der Waals surface area (Å²) in [5, 5.41) is 8.93. The Kier molecular flexibility index (Phi) is 5.01. The van der Waals surface area contributed by atoms with E-state index in [-0.39, 0.29) is 11.3 Å². The number of amides is 1. The largest absolute Gasteiger partial charge is 0.496 e. The second kappa shape index (κ2) is 7.23. The maximum Gasteiger partial charge on any atom is 0.233 e. The van der Waals surface area contributed by atoms with E-state index < -0.39 is 0 Å². The summed E-state index contributed by atoms with van der Waals surface area (Å²) in [6.45, 7) is 7.80. The normalized spacial score (nSPS) is 25.2. The summed E-state index contributed by atoms with van der Waals surface area (Å²) >= 11 is 1.34. The number of benzene rings is 1. The van der Waals surface area contributed by atoms with Crippen molar-refractivity contribution in [3.63, 3.8) is 0 Å². The molecule has 2 N–H and O–H groups in total. The minimum atomic E-state index is 0.156. The lowest BCUT2D eigenvalue weighted by Gasteiger charge is -2.39. The number of methoxy groups -OCH3 is 1. The lowest BCUT2D eigenvalue weighted by Crippen LogP contribution is -2.38. The molecule has 156 valence electrons. The third-order valence-corrected chi connectivity index (χ3v) is 7.00. The third-order valence-electron chi connectivity index (χ3n) is 6.07. The molecular weight excluding hydrogens is 386 g/mol. The van der Waals surface area contributed by atoms with E-state index in [0.29, 0.717) is 33.9 Å². The quantitative estimate of drug-likeness (QED) is 0.596. The summed E-state index contributed by atoms with van der Waals surface area (Å²) in [4.78, 5) is 15.1. The van der Waals surface area contributed by atoms with E-state index in [1.807, 2.05) is 24.3 Å². The molecule has 0 spiro atoms. The van der Waals surface area contributed by atoms with Gasteiger partial charge in [-0.1, -0.05) is 44.7 Å². The number of ether oxygens (including phenoxy) is 1. The van der Waals surface area contributed by atoms with Crippen LogP contribution in [-0.2, 0) is 4.79 Å². The molecular formula is C21H29N5O2S. The smallest absolute Gasteiger partial charge is 0.233 e. The topological polar surface area (TPSA) is 86.3 Å². The number of nitrogen functional groups attached to an aromatic ring is 1. The second-order valence-corrected chi connectivity index (χ2v) is 10.3. The number of hydrogen-bond acceptors (Lipinski definition) is 6. The average molecular weight is 416 g/mol. The van der Waals surface area contributed by atoms with Gasteiger partial charge in [0.15, 0.2) is 5.82 Å². The van der Waals surface area contributed by atoms with Crippen molar-refractivity contribution in [1.29, 1.82) is 0 Å². The van der Waals surface area contributed by atoms with E-state index in [1.54, 1.807) is 7.11 Å². The van der Waals surface area contributed by atoms with E-state index in [2.05, 4.69) is 35.9 Å². The summed E-state index contributed by atoms with van der Waals surface area (Å²) in [6, 6.07) is 7.88. The number of aromatic nitrogens is 3. The van der Waals surface area contributed by atoms with E-state index >= 15 is 0 Å². The minimum absolute atomic E-state index is 0.156. The van der Waals surface area contributed by atoms with Crippen molar-refractivity contribution >= 4 is 17.7 Å². The predicted molar refractivity (Wildman–Crippen MR) is 114 cm³/mol. The Balaban J connectivity index is 1.45. The van der Waals surface area contributed by atoms with Crippen LogP contribution in [0.2, 0.25) is 0 Å². The molecule has 2 aromatic rings. The van der Waals surface area contributed by atoms with Crippen LogP contribution in [0.4, 0.5) is 0 Å². The van der Waals surface area contributed by atoms with Gasteiger partial charge in [-0.2, -0.15) is 0 Å². The summed E-state index contributed by atoms with van der Waals surface area (Å²) in [7, 11) is 1.61. The molecule has 8 heteroatoms. The molecule has 29 heavy (non-hydrogen) atoms. The Morgan fingerprint density at radius 1 is 1.28 bits per heavy atom. The molecule has 2 bridgehead atoms. The highest BCUT2D eigenvalue weighted by molar-refractivity contribution is 7.99. The van der Waals surface area contributed by atoms with Gasteiger partial charge in [0.2, 0.25) is 11.1 Å². The van der Waals surface area contributed by atoms with Crippen molar-refractivity contribution in [3.8, 4) is 17.1 Å². The molecule has 2 aliphatic rings. The highest BCUT2D eigenvalue weighted by atomic mass is 32.2. The number of para-hydroxylation sites is 1. The summed E-state index contributed by atoms with van der Waals surface area (Å²) in [6.07, 6.45) is 3.36. The first-order valence-electron chi connectivity index (χ1n) is 9.98. The van der Waals surface area contributed by atoms with Crippen LogP contribution in [0.25, 0.3) is 11.4 Å². The fourth-order valence-electron chi connectivity index (χ4n) is 5.35. The molecule has 1 aliphatic carbocycles. The van der Waals surface area contributed by atoms with Crippen LogP contribution in [0.15, 0.2) is 29.4 Å². The standard InChI is InChI=1S/C21H29N5O2S/c1-20(2)9-14-10-21(3,12-20)13-25(14)17(27)11-29-19-24-23-18(26(19)22)15-7-5-6-8-16(15)28-4/h5-8,14H,9-13,22H2,1-4H3/t14-,21-/m0/s1. The van der Waals surface area contributed by atoms with Crippen LogP contribution in [0.5, 0.6) is 5.75 Å². The molecule has 1 saturated carbocycles. The number of nitrogens with two attached hydrogens (primary N) is 1. The highest BCUT2D eigenvalue weighted by Gasteiger charge is 2.50. The van der Waals surface area contributed by atoms with Gasteiger partial charge in [-0.15, -0.1) is 10.2 Å². The van der Waals surface area contributed by atoms with Gasteiger partial charge in [0.25, 0.3) is 0 Å². The van der Waals surface area contributed by atoms with Crippen molar-refractivity contribution in [3.05, 3.63) is 24.3 Å². The number of hydrogen-bond donors (Lipinski definition) is 1. The van der Waals surface area contributed by atoms with Gasteiger partial charge in [0, 0.05) is 12.6 Å². The van der Waals surface area contributed by atoms with Gasteiger partial charge in [0.05, 0.1) is 18.4 Å². The Morgan fingerprint density at radius 3 is 2.79 bits per heavy atom.